The molecule has 0 radical (unpaired) electrons. The SMILES string of the molecule is CCCNCCOCCS(C)(=O)=O. The predicted octanol–water partition coefficient (Wildman–Crippen LogP) is 0.0472. The van der Waals surface area contributed by atoms with E-state index < -0.39 is 9.84 Å². The Hall–Kier alpha value is -0.130. The van der Waals surface area contributed by atoms with Gasteiger partial charge in [-0.3, -0.25) is 0 Å². The zero-order valence-corrected chi connectivity index (χ0v) is 9.19. The van der Waals surface area contributed by atoms with Gasteiger partial charge >= 0.3 is 0 Å². The van der Waals surface area contributed by atoms with Gasteiger partial charge in [0.2, 0.25) is 0 Å². The summed E-state index contributed by atoms with van der Waals surface area (Å²) < 4.78 is 26.5. The van der Waals surface area contributed by atoms with Crippen molar-refractivity contribution < 1.29 is 13.2 Å². The zero-order chi connectivity index (χ0) is 10.2. The second kappa shape index (κ2) is 7.29. The van der Waals surface area contributed by atoms with Gasteiger partial charge in [0.25, 0.3) is 0 Å². The Kier molecular flexibility index (Phi) is 7.22. The highest BCUT2D eigenvalue weighted by atomic mass is 32.2. The van der Waals surface area contributed by atoms with Crippen molar-refractivity contribution in [3.8, 4) is 0 Å². The molecular weight excluding hydrogens is 190 g/mol. The third-order valence-electron chi connectivity index (χ3n) is 1.45. The lowest BCUT2D eigenvalue weighted by Crippen LogP contribution is -2.21. The van der Waals surface area contributed by atoms with Gasteiger partial charge in [-0.05, 0) is 13.0 Å². The standard InChI is InChI=1S/C8H19NO3S/c1-3-4-9-5-6-12-7-8-13(2,10)11/h9H,3-8H2,1-2H3. The minimum absolute atomic E-state index is 0.112. The second-order valence-corrected chi connectivity index (χ2v) is 5.25. The van der Waals surface area contributed by atoms with Crippen LogP contribution in [0.5, 0.6) is 0 Å². The molecule has 0 aromatic rings. The molecule has 4 nitrogen and oxygen atoms in total. The van der Waals surface area contributed by atoms with E-state index in [2.05, 4.69) is 12.2 Å². The molecule has 0 aliphatic rings. The van der Waals surface area contributed by atoms with Gasteiger partial charge < -0.3 is 10.1 Å². The van der Waals surface area contributed by atoms with Crippen LogP contribution in [0.4, 0.5) is 0 Å². The molecule has 0 fully saturated rings. The van der Waals surface area contributed by atoms with Crippen LogP contribution in [0.15, 0.2) is 0 Å². The van der Waals surface area contributed by atoms with E-state index in [9.17, 15) is 8.42 Å². The van der Waals surface area contributed by atoms with Crippen LogP contribution in [0.2, 0.25) is 0 Å². The molecule has 13 heavy (non-hydrogen) atoms. The fourth-order valence-electron chi connectivity index (χ4n) is 0.758. The first-order valence-electron chi connectivity index (χ1n) is 4.52. The highest BCUT2D eigenvalue weighted by Crippen LogP contribution is 1.83. The Morgan fingerprint density at radius 3 is 2.46 bits per heavy atom. The summed E-state index contributed by atoms with van der Waals surface area (Å²) in [6.07, 6.45) is 2.31. The summed E-state index contributed by atoms with van der Waals surface area (Å²) in [6, 6.07) is 0. The summed E-state index contributed by atoms with van der Waals surface area (Å²) >= 11 is 0. The number of sulfone groups is 1. The molecule has 0 heterocycles. The molecule has 1 N–H and O–H groups in total. The van der Waals surface area contributed by atoms with Crippen molar-refractivity contribution in [2.45, 2.75) is 13.3 Å². The predicted molar refractivity (Wildman–Crippen MR) is 53.7 cm³/mol. The van der Waals surface area contributed by atoms with Crippen LogP contribution in [0.1, 0.15) is 13.3 Å². The van der Waals surface area contributed by atoms with E-state index in [0.717, 1.165) is 19.5 Å². The van der Waals surface area contributed by atoms with Gasteiger partial charge in [0, 0.05) is 12.8 Å². The molecule has 0 saturated heterocycles. The van der Waals surface area contributed by atoms with Crippen LogP contribution in [-0.2, 0) is 14.6 Å². The molecule has 0 aromatic carbocycles. The molecule has 80 valence electrons. The normalized spacial score (nSPS) is 11.8. The van der Waals surface area contributed by atoms with Crippen LogP contribution in [0.3, 0.4) is 0 Å². The molecule has 0 atom stereocenters. The highest BCUT2D eigenvalue weighted by molar-refractivity contribution is 7.90. The van der Waals surface area contributed by atoms with Gasteiger partial charge in [0.05, 0.1) is 19.0 Å². The van der Waals surface area contributed by atoms with Gasteiger partial charge in [-0.1, -0.05) is 6.92 Å². The molecule has 0 unspecified atom stereocenters. The van der Waals surface area contributed by atoms with Gasteiger partial charge in [-0.25, -0.2) is 8.42 Å². The Bertz CT molecular complexity index is 201. The fraction of sp³-hybridized carbons (Fsp3) is 1.00. The Morgan fingerprint density at radius 2 is 1.92 bits per heavy atom. The summed E-state index contributed by atoms with van der Waals surface area (Å²) in [5.41, 5.74) is 0. The third-order valence-corrected chi connectivity index (χ3v) is 2.36. The van der Waals surface area contributed by atoms with E-state index in [1.807, 2.05) is 0 Å². The van der Waals surface area contributed by atoms with Gasteiger partial charge in [-0.2, -0.15) is 0 Å². The van der Waals surface area contributed by atoms with E-state index in [-0.39, 0.29) is 5.75 Å². The average Bonchev–Trinajstić information content (AvgIpc) is 2.01. The van der Waals surface area contributed by atoms with Crippen molar-refractivity contribution in [1.29, 1.82) is 0 Å². The van der Waals surface area contributed by atoms with Crippen LogP contribution >= 0.6 is 0 Å². The molecular formula is C8H19NO3S. The number of ether oxygens (including phenoxy) is 1. The molecule has 0 rings (SSSR count). The maximum absolute atomic E-state index is 10.7. The first-order valence-corrected chi connectivity index (χ1v) is 6.58. The van der Waals surface area contributed by atoms with Crippen molar-refractivity contribution in [3.63, 3.8) is 0 Å². The van der Waals surface area contributed by atoms with Crippen LogP contribution in [0.25, 0.3) is 0 Å². The molecule has 5 heteroatoms. The molecule has 0 saturated carbocycles. The summed E-state index contributed by atoms with van der Waals surface area (Å²) in [5.74, 6) is 0.112. The number of hydrogen-bond acceptors (Lipinski definition) is 4. The van der Waals surface area contributed by atoms with Crippen molar-refractivity contribution in [1.82, 2.24) is 5.32 Å². The maximum atomic E-state index is 10.7. The van der Waals surface area contributed by atoms with E-state index >= 15 is 0 Å². The molecule has 0 amide bonds. The van der Waals surface area contributed by atoms with Crippen LogP contribution in [0, 0.1) is 0 Å². The monoisotopic (exact) mass is 209 g/mol. The van der Waals surface area contributed by atoms with E-state index in [1.54, 1.807) is 0 Å². The summed E-state index contributed by atoms with van der Waals surface area (Å²) in [7, 11) is -2.87. The first-order chi connectivity index (χ1) is 6.06. The molecule has 0 aliphatic carbocycles. The van der Waals surface area contributed by atoms with E-state index in [1.165, 1.54) is 6.26 Å². The lowest BCUT2D eigenvalue weighted by Gasteiger charge is -2.04. The van der Waals surface area contributed by atoms with E-state index in [4.69, 9.17) is 4.74 Å². The minimum atomic E-state index is -2.87. The second-order valence-electron chi connectivity index (χ2n) is 2.99. The first kappa shape index (κ1) is 12.9. The summed E-state index contributed by atoms with van der Waals surface area (Å²) in [4.78, 5) is 0. The van der Waals surface area contributed by atoms with Crippen LogP contribution < -0.4 is 5.32 Å². The average molecular weight is 209 g/mol. The molecule has 0 aromatic heterocycles. The number of nitrogens with one attached hydrogen (secondary N) is 1. The van der Waals surface area contributed by atoms with Gasteiger partial charge in [0.1, 0.15) is 9.84 Å². The smallest absolute Gasteiger partial charge is 0.149 e. The fourth-order valence-corrected chi connectivity index (χ4v) is 1.18. The zero-order valence-electron chi connectivity index (χ0n) is 8.38. The lowest BCUT2D eigenvalue weighted by atomic mass is 10.5. The third kappa shape index (κ3) is 11.9. The topological polar surface area (TPSA) is 55.4 Å². The Labute approximate surface area is 80.6 Å². The van der Waals surface area contributed by atoms with E-state index in [0.29, 0.717) is 13.2 Å². The van der Waals surface area contributed by atoms with Crippen molar-refractivity contribution in [2.75, 3.05) is 38.3 Å². The minimum Gasteiger partial charge on any atom is -0.379 e. The van der Waals surface area contributed by atoms with Gasteiger partial charge in [-0.15, -0.1) is 0 Å². The van der Waals surface area contributed by atoms with Crippen LogP contribution in [-0.4, -0.2) is 46.7 Å². The Morgan fingerprint density at radius 1 is 1.23 bits per heavy atom. The highest BCUT2D eigenvalue weighted by Gasteiger charge is 2.00. The summed E-state index contributed by atoms with van der Waals surface area (Å²) in [5, 5.41) is 3.16. The van der Waals surface area contributed by atoms with Crippen molar-refractivity contribution >= 4 is 9.84 Å². The maximum Gasteiger partial charge on any atom is 0.149 e. The van der Waals surface area contributed by atoms with Crippen molar-refractivity contribution in [2.24, 2.45) is 0 Å². The summed E-state index contributed by atoms with van der Waals surface area (Å²) in [6.45, 7) is 4.74. The quantitative estimate of drug-likeness (QED) is 0.574. The molecule has 0 spiro atoms. The molecule has 0 aliphatic heterocycles. The van der Waals surface area contributed by atoms with Gasteiger partial charge in [0.15, 0.2) is 0 Å². The van der Waals surface area contributed by atoms with Crippen molar-refractivity contribution in [3.05, 3.63) is 0 Å². The Balaban J connectivity index is 3.09. The number of hydrogen-bond donors (Lipinski definition) is 1. The lowest BCUT2D eigenvalue weighted by molar-refractivity contribution is 0.151. The number of rotatable bonds is 8. The largest absolute Gasteiger partial charge is 0.379 e. The molecule has 0 bridgehead atoms.